The van der Waals surface area contributed by atoms with Gasteiger partial charge in [-0.15, -0.1) is 0 Å². The van der Waals surface area contributed by atoms with Crippen LogP contribution in [-0.2, 0) is 6.42 Å². The second-order valence-electron chi connectivity index (χ2n) is 4.59. The van der Waals surface area contributed by atoms with Crippen LogP contribution in [0.25, 0.3) is 0 Å². The Bertz CT molecular complexity index is 702. The third kappa shape index (κ3) is 3.92. The first kappa shape index (κ1) is 15.7. The van der Waals surface area contributed by atoms with Crippen LogP contribution in [0, 0.1) is 10.1 Å². The number of hydrogen-bond donors (Lipinski definition) is 3. The molecule has 0 unspecified atom stereocenters. The molecule has 0 aliphatic rings. The highest BCUT2D eigenvalue weighted by Crippen LogP contribution is 2.27. The van der Waals surface area contributed by atoms with Gasteiger partial charge in [-0.3, -0.25) is 10.1 Å². The summed E-state index contributed by atoms with van der Waals surface area (Å²) in [4.78, 5) is 10.2. The number of nitrogens with zero attached hydrogens (tertiary/aromatic N) is 1. The van der Waals surface area contributed by atoms with Gasteiger partial charge in [0.1, 0.15) is 5.75 Å². The molecule has 0 saturated heterocycles. The van der Waals surface area contributed by atoms with Gasteiger partial charge >= 0.3 is 0 Å². The largest absolute Gasteiger partial charge is 0.506 e. The molecule has 0 fully saturated rings. The zero-order valence-electron chi connectivity index (χ0n) is 11.9. The van der Waals surface area contributed by atoms with E-state index in [1.165, 1.54) is 23.8 Å². The van der Waals surface area contributed by atoms with Crippen molar-refractivity contribution in [2.45, 2.75) is 13.3 Å². The average Bonchev–Trinajstić information content (AvgIpc) is 2.50. The lowest BCUT2D eigenvalue weighted by molar-refractivity contribution is -0.384. The van der Waals surface area contributed by atoms with Gasteiger partial charge in [-0.1, -0.05) is 19.1 Å². The van der Waals surface area contributed by atoms with E-state index >= 15 is 0 Å². The van der Waals surface area contributed by atoms with Gasteiger partial charge < -0.3 is 15.7 Å². The molecular weight excluding hydrogens is 302 g/mol. The van der Waals surface area contributed by atoms with Crippen molar-refractivity contribution in [2.24, 2.45) is 0 Å². The minimum absolute atomic E-state index is 0.115. The van der Waals surface area contributed by atoms with Crippen LogP contribution in [0.2, 0.25) is 0 Å². The zero-order valence-corrected chi connectivity index (χ0v) is 12.7. The van der Waals surface area contributed by atoms with Crippen molar-refractivity contribution in [3.8, 4) is 5.75 Å². The fourth-order valence-electron chi connectivity index (χ4n) is 1.85. The Hall–Kier alpha value is -2.67. The van der Waals surface area contributed by atoms with Crippen molar-refractivity contribution < 1.29 is 10.0 Å². The lowest BCUT2D eigenvalue weighted by atomic mass is 10.1. The van der Waals surface area contributed by atoms with Crippen LogP contribution in [0.4, 0.5) is 17.1 Å². The summed E-state index contributed by atoms with van der Waals surface area (Å²) in [5, 5.41) is 26.4. The molecule has 6 nitrogen and oxygen atoms in total. The van der Waals surface area contributed by atoms with Gasteiger partial charge in [0, 0.05) is 17.8 Å². The van der Waals surface area contributed by atoms with Crippen LogP contribution < -0.4 is 10.6 Å². The number of non-ortho nitro benzene ring substituents is 1. The first-order valence-corrected chi connectivity index (χ1v) is 7.04. The van der Waals surface area contributed by atoms with E-state index in [0.717, 1.165) is 12.1 Å². The van der Waals surface area contributed by atoms with Crippen molar-refractivity contribution in [1.82, 2.24) is 0 Å². The third-order valence-corrected chi connectivity index (χ3v) is 3.26. The number of benzene rings is 2. The van der Waals surface area contributed by atoms with Gasteiger partial charge in [0.2, 0.25) is 0 Å². The number of phenolic OH excluding ortho intramolecular Hbond substituents is 1. The van der Waals surface area contributed by atoms with E-state index in [-0.39, 0.29) is 22.2 Å². The molecule has 0 radical (unpaired) electrons. The van der Waals surface area contributed by atoms with E-state index in [0.29, 0.717) is 0 Å². The summed E-state index contributed by atoms with van der Waals surface area (Å²) >= 11 is 5.14. The fraction of sp³-hybridized carbons (Fsp3) is 0.133. The number of thiocarbonyl (C=S) groups is 1. The molecule has 2 aromatic rings. The molecule has 2 rings (SSSR count). The Balaban J connectivity index is 2.08. The predicted octanol–water partition coefficient (Wildman–Crippen LogP) is 3.67. The lowest BCUT2D eigenvalue weighted by Gasteiger charge is -2.12. The van der Waals surface area contributed by atoms with Gasteiger partial charge in [-0.05, 0) is 42.4 Å². The summed E-state index contributed by atoms with van der Waals surface area (Å²) in [7, 11) is 0. The minimum atomic E-state index is -0.537. The molecule has 0 saturated carbocycles. The highest BCUT2D eigenvalue weighted by molar-refractivity contribution is 7.80. The summed E-state index contributed by atoms with van der Waals surface area (Å²) in [6.45, 7) is 2.07. The van der Waals surface area contributed by atoms with E-state index in [4.69, 9.17) is 12.2 Å². The van der Waals surface area contributed by atoms with Gasteiger partial charge in [-0.25, -0.2) is 0 Å². The Morgan fingerprint density at radius 1 is 1.23 bits per heavy atom. The number of phenols is 1. The number of nitro benzene ring substituents is 1. The molecule has 0 aliphatic heterocycles. The number of rotatable bonds is 4. The van der Waals surface area contributed by atoms with Gasteiger partial charge in [0.05, 0.1) is 10.6 Å². The summed E-state index contributed by atoms with van der Waals surface area (Å²) in [6.07, 6.45) is 0.949. The molecule has 3 N–H and O–H groups in total. The van der Waals surface area contributed by atoms with Crippen LogP contribution in [-0.4, -0.2) is 15.1 Å². The van der Waals surface area contributed by atoms with E-state index in [1.54, 1.807) is 0 Å². The van der Waals surface area contributed by atoms with Crippen LogP contribution in [0.15, 0.2) is 42.5 Å². The molecule has 0 heterocycles. The Morgan fingerprint density at radius 3 is 2.50 bits per heavy atom. The van der Waals surface area contributed by atoms with E-state index in [1.807, 2.05) is 24.3 Å². The number of hydrogen-bond acceptors (Lipinski definition) is 4. The summed E-state index contributed by atoms with van der Waals surface area (Å²) in [5.41, 5.74) is 2.05. The quantitative estimate of drug-likeness (QED) is 0.345. The highest BCUT2D eigenvalue weighted by atomic mass is 32.1. The molecule has 0 amide bonds. The molecule has 114 valence electrons. The molecule has 0 aromatic heterocycles. The Kier molecular flexibility index (Phi) is 4.90. The molecule has 2 aromatic carbocycles. The number of aromatic hydroxyl groups is 1. The third-order valence-electron chi connectivity index (χ3n) is 3.06. The van der Waals surface area contributed by atoms with E-state index in [9.17, 15) is 15.2 Å². The maximum Gasteiger partial charge on any atom is 0.271 e. The highest BCUT2D eigenvalue weighted by Gasteiger charge is 2.11. The summed E-state index contributed by atoms with van der Waals surface area (Å²) in [5.74, 6) is -0.115. The fourth-order valence-corrected chi connectivity index (χ4v) is 2.07. The van der Waals surface area contributed by atoms with Crippen LogP contribution >= 0.6 is 12.2 Å². The minimum Gasteiger partial charge on any atom is -0.506 e. The normalized spacial score (nSPS) is 10.0. The second kappa shape index (κ2) is 6.86. The molecular formula is C15H15N3O3S. The van der Waals surface area contributed by atoms with E-state index in [2.05, 4.69) is 17.6 Å². The molecule has 22 heavy (non-hydrogen) atoms. The zero-order chi connectivity index (χ0) is 16.1. The van der Waals surface area contributed by atoms with Crippen molar-refractivity contribution in [2.75, 3.05) is 10.6 Å². The Labute approximate surface area is 132 Å². The summed E-state index contributed by atoms with van der Waals surface area (Å²) in [6, 6.07) is 11.4. The maximum absolute atomic E-state index is 10.7. The number of anilines is 2. The molecule has 0 aliphatic carbocycles. The first-order valence-electron chi connectivity index (χ1n) is 6.64. The Morgan fingerprint density at radius 2 is 1.91 bits per heavy atom. The molecule has 0 spiro atoms. The average molecular weight is 317 g/mol. The van der Waals surface area contributed by atoms with E-state index < -0.39 is 4.92 Å². The standard InChI is InChI=1S/C15H15N3O3S/c1-2-10-3-5-11(6-4-10)16-15(22)17-13-9-12(18(20)21)7-8-14(13)19/h3-9,19H,2H2,1H3,(H2,16,17,22). The van der Waals surface area contributed by atoms with Crippen LogP contribution in [0.5, 0.6) is 5.75 Å². The molecule has 0 atom stereocenters. The molecule has 0 bridgehead atoms. The maximum atomic E-state index is 10.7. The van der Waals surface area contributed by atoms with Crippen molar-refractivity contribution in [1.29, 1.82) is 0 Å². The summed E-state index contributed by atoms with van der Waals surface area (Å²) < 4.78 is 0. The monoisotopic (exact) mass is 317 g/mol. The second-order valence-corrected chi connectivity index (χ2v) is 5.00. The van der Waals surface area contributed by atoms with Crippen molar-refractivity contribution in [3.05, 3.63) is 58.1 Å². The lowest BCUT2D eigenvalue weighted by Crippen LogP contribution is -2.19. The van der Waals surface area contributed by atoms with Crippen molar-refractivity contribution in [3.63, 3.8) is 0 Å². The SMILES string of the molecule is CCc1ccc(NC(=S)Nc2cc([N+](=O)[O-])ccc2O)cc1. The van der Waals surface area contributed by atoms with Gasteiger partial charge in [0.25, 0.3) is 5.69 Å². The molecule has 7 heteroatoms. The van der Waals surface area contributed by atoms with Gasteiger partial charge in [-0.2, -0.15) is 0 Å². The van der Waals surface area contributed by atoms with Crippen LogP contribution in [0.3, 0.4) is 0 Å². The number of nitrogens with one attached hydrogen (secondary N) is 2. The smallest absolute Gasteiger partial charge is 0.271 e. The number of aryl methyl sites for hydroxylation is 1. The first-order chi connectivity index (χ1) is 10.5. The van der Waals surface area contributed by atoms with Crippen molar-refractivity contribution >= 4 is 34.4 Å². The topological polar surface area (TPSA) is 87.4 Å². The van der Waals surface area contributed by atoms with Gasteiger partial charge in [0.15, 0.2) is 5.11 Å². The van der Waals surface area contributed by atoms with Crippen LogP contribution in [0.1, 0.15) is 12.5 Å². The number of nitro groups is 1. The predicted molar refractivity (Wildman–Crippen MR) is 90.4 cm³/mol.